The van der Waals surface area contributed by atoms with Crippen LogP contribution in [0.2, 0.25) is 0 Å². The van der Waals surface area contributed by atoms with Gasteiger partial charge in [-0.25, -0.2) is 13.1 Å². The van der Waals surface area contributed by atoms with E-state index in [0.29, 0.717) is 17.1 Å². The molecule has 0 bridgehead atoms. The molecule has 0 atom stereocenters. The number of carbonyl (C=O) groups is 1. The number of hydrogen-bond acceptors (Lipinski definition) is 6. The Morgan fingerprint density at radius 1 is 1.23 bits per heavy atom. The molecule has 2 N–H and O–H groups in total. The summed E-state index contributed by atoms with van der Waals surface area (Å²) in [7, 11) is -3.61. The minimum Gasteiger partial charge on any atom is -0.354 e. The van der Waals surface area contributed by atoms with Gasteiger partial charge < -0.3 is 9.84 Å². The van der Waals surface area contributed by atoms with E-state index < -0.39 is 10.0 Å². The highest BCUT2D eigenvalue weighted by atomic mass is 32.2. The third kappa shape index (κ3) is 5.30. The Kier molecular flexibility index (Phi) is 6.08. The van der Waals surface area contributed by atoms with Crippen molar-refractivity contribution in [3.63, 3.8) is 0 Å². The largest absolute Gasteiger partial charge is 0.354 e. The van der Waals surface area contributed by atoms with E-state index in [1.54, 1.807) is 31.2 Å². The monoisotopic (exact) mass is 457 g/mol. The lowest BCUT2D eigenvalue weighted by atomic mass is 10.1. The van der Waals surface area contributed by atoms with Gasteiger partial charge in [0, 0.05) is 17.3 Å². The molecule has 1 saturated carbocycles. The highest BCUT2D eigenvalue weighted by Gasteiger charge is 2.30. The summed E-state index contributed by atoms with van der Waals surface area (Å²) in [5.41, 5.74) is 3.14. The van der Waals surface area contributed by atoms with Gasteiger partial charge >= 0.3 is 0 Å². The Morgan fingerprint density at radius 2 is 2.03 bits per heavy atom. The molecule has 9 heteroatoms. The maximum absolute atomic E-state index is 12.6. The van der Waals surface area contributed by atoms with E-state index in [-0.39, 0.29) is 22.6 Å². The van der Waals surface area contributed by atoms with Crippen LogP contribution in [0, 0.1) is 19.8 Å². The van der Waals surface area contributed by atoms with Crippen LogP contribution in [0.15, 0.2) is 45.1 Å². The number of aryl methyl sites for hydroxylation is 2. The molecule has 1 aliphatic rings. The van der Waals surface area contributed by atoms with Crippen LogP contribution in [0.4, 0.5) is 5.69 Å². The van der Waals surface area contributed by atoms with Crippen molar-refractivity contribution in [2.24, 2.45) is 5.92 Å². The molecule has 4 rings (SSSR count). The van der Waals surface area contributed by atoms with Crippen molar-refractivity contribution in [3.05, 3.63) is 63.9 Å². The summed E-state index contributed by atoms with van der Waals surface area (Å²) in [6, 6.07) is 11.0. The Hall–Kier alpha value is -2.75. The molecule has 7 nitrogen and oxygen atoms in total. The van der Waals surface area contributed by atoms with Crippen molar-refractivity contribution < 1.29 is 17.7 Å². The van der Waals surface area contributed by atoms with Gasteiger partial charge in [0.05, 0.1) is 0 Å². The van der Waals surface area contributed by atoms with Gasteiger partial charge in [-0.2, -0.15) is 0 Å². The molecule has 0 unspecified atom stereocenters. The second-order valence-electron chi connectivity index (χ2n) is 7.57. The van der Waals surface area contributed by atoms with E-state index >= 15 is 0 Å². The van der Waals surface area contributed by atoms with Gasteiger partial charge in [-0.3, -0.25) is 4.79 Å². The first-order valence-electron chi connectivity index (χ1n) is 9.92. The smallest absolute Gasteiger partial charge is 0.250 e. The van der Waals surface area contributed by atoms with Crippen LogP contribution in [-0.2, 0) is 21.4 Å². The Balaban J connectivity index is 1.44. The summed E-state index contributed by atoms with van der Waals surface area (Å²) in [5.74, 6) is 0.482. The number of carbonyl (C=O) groups excluding carboxylic acids is 1. The maximum atomic E-state index is 12.6. The number of sulfonamides is 1. The van der Waals surface area contributed by atoms with Crippen molar-refractivity contribution in [2.45, 2.75) is 37.4 Å². The van der Waals surface area contributed by atoms with Crippen LogP contribution < -0.4 is 10.0 Å². The molecule has 162 valence electrons. The number of benzene rings is 1. The van der Waals surface area contributed by atoms with Crippen LogP contribution in [-0.4, -0.2) is 19.5 Å². The number of thiophene rings is 1. The lowest BCUT2D eigenvalue weighted by Crippen LogP contribution is -2.22. The third-order valence-corrected chi connectivity index (χ3v) is 7.84. The maximum Gasteiger partial charge on any atom is 0.250 e. The lowest BCUT2D eigenvalue weighted by Gasteiger charge is -2.05. The van der Waals surface area contributed by atoms with Crippen molar-refractivity contribution in [2.75, 3.05) is 5.32 Å². The van der Waals surface area contributed by atoms with E-state index in [4.69, 9.17) is 4.52 Å². The number of aromatic nitrogens is 1. The van der Waals surface area contributed by atoms with Gasteiger partial charge in [-0.05, 0) is 56.5 Å². The highest BCUT2D eigenvalue weighted by molar-refractivity contribution is 7.91. The van der Waals surface area contributed by atoms with Crippen LogP contribution in [0.1, 0.15) is 40.3 Å². The summed E-state index contributed by atoms with van der Waals surface area (Å²) in [6.45, 7) is 3.96. The van der Waals surface area contributed by atoms with Crippen LogP contribution in [0.3, 0.4) is 0 Å². The fourth-order valence-electron chi connectivity index (χ4n) is 3.02. The molecule has 0 aliphatic heterocycles. The van der Waals surface area contributed by atoms with Crippen molar-refractivity contribution in [1.82, 2.24) is 9.88 Å². The number of nitrogens with zero attached hydrogens (tertiary/aromatic N) is 1. The molecule has 31 heavy (non-hydrogen) atoms. The Labute approximate surface area is 185 Å². The third-order valence-electron chi connectivity index (χ3n) is 4.90. The summed E-state index contributed by atoms with van der Waals surface area (Å²) < 4.78 is 33.4. The Morgan fingerprint density at radius 3 is 2.77 bits per heavy atom. The summed E-state index contributed by atoms with van der Waals surface area (Å²) >= 11 is 1.15. The van der Waals surface area contributed by atoms with E-state index in [1.165, 1.54) is 0 Å². The second-order valence-corrected chi connectivity index (χ2v) is 10.7. The number of hydrogen-bond donors (Lipinski definition) is 2. The van der Waals surface area contributed by atoms with Crippen LogP contribution in [0.25, 0.3) is 12.2 Å². The molecular weight excluding hydrogens is 434 g/mol. The molecule has 1 fully saturated rings. The summed E-state index contributed by atoms with van der Waals surface area (Å²) in [4.78, 5) is 12.8. The number of rotatable bonds is 8. The zero-order valence-electron chi connectivity index (χ0n) is 17.2. The van der Waals surface area contributed by atoms with E-state index in [9.17, 15) is 13.2 Å². The van der Waals surface area contributed by atoms with Gasteiger partial charge in [0.2, 0.25) is 15.9 Å². The minimum absolute atomic E-state index is 0.0230. The van der Waals surface area contributed by atoms with Gasteiger partial charge in [-0.15, -0.1) is 11.3 Å². The normalized spacial score (nSPS) is 14.3. The molecule has 2 heterocycles. The molecule has 1 aliphatic carbocycles. The molecule has 0 spiro atoms. The summed E-state index contributed by atoms with van der Waals surface area (Å²) in [6.07, 6.45) is 5.25. The molecule has 2 aromatic heterocycles. The average molecular weight is 458 g/mol. The predicted molar refractivity (Wildman–Crippen MR) is 121 cm³/mol. The topological polar surface area (TPSA) is 101 Å². The fourth-order valence-corrected chi connectivity index (χ4v) is 5.31. The standard InChI is InChI=1S/C22H23N3O4S2/c1-14-4-3-5-16(12-14)13-23-31(27,28)20-11-9-18(30-20)8-10-19-21(15(2)25-29-19)24-22(26)17-6-7-17/h3-5,8-12,17,23H,6-7,13H2,1-2H3,(H,24,26). The molecular formula is C22H23N3O4S2. The highest BCUT2D eigenvalue weighted by Crippen LogP contribution is 2.32. The minimum atomic E-state index is -3.61. The number of nitrogens with one attached hydrogen (secondary N) is 2. The second kappa shape index (κ2) is 8.78. The van der Waals surface area contributed by atoms with E-state index in [0.717, 1.165) is 40.2 Å². The van der Waals surface area contributed by atoms with E-state index in [2.05, 4.69) is 15.2 Å². The molecule has 1 aromatic carbocycles. The van der Waals surface area contributed by atoms with Crippen LogP contribution in [0.5, 0.6) is 0 Å². The summed E-state index contributed by atoms with van der Waals surface area (Å²) in [5, 5.41) is 6.80. The van der Waals surface area contributed by atoms with Crippen molar-refractivity contribution >= 4 is 45.1 Å². The van der Waals surface area contributed by atoms with Gasteiger partial charge in [-0.1, -0.05) is 35.0 Å². The lowest BCUT2D eigenvalue weighted by molar-refractivity contribution is -0.117. The van der Waals surface area contributed by atoms with Crippen molar-refractivity contribution in [1.29, 1.82) is 0 Å². The number of anilines is 1. The first-order chi connectivity index (χ1) is 14.8. The molecule has 0 radical (unpaired) electrons. The van der Waals surface area contributed by atoms with E-state index in [1.807, 2.05) is 31.2 Å². The van der Waals surface area contributed by atoms with Crippen LogP contribution >= 0.6 is 11.3 Å². The zero-order chi connectivity index (χ0) is 22.0. The quantitative estimate of drug-likeness (QED) is 0.524. The van der Waals surface area contributed by atoms with Crippen molar-refractivity contribution in [3.8, 4) is 0 Å². The molecule has 3 aromatic rings. The fraction of sp³-hybridized carbons (Fsp3) is 0.273. The first-order valence-corrected chi connectivity index (χ1v) is 12.2. The SMILES string of the molecule is Cc1cccc(CNS(=O)(=O)c2ccc(C=Cc3onc(C)c3NC(=O)C3CC3)s2)c1. The molecule has 0 saturated heterocycles. The first kappa shape index (κ1) is 21.5. The Bertz CT molecular complexity index is 1240. The van der Waals surface area contributed by atoms with Gasteiger partial charge in [0.25, 0.3) is 0 Å². The van der Waals surface area contributed by atoms with Gasteiger partial charge in [0.15, 0.2) is 5.76 Å². The molecule has 1 amide bonds. The average Bonchev–Trinajstić information content (AvgIpc) is 3.38. The number of amides is 1. The predicted octanol–water partition coefficient (Wildman–Crippen LogP) is 4.35. The zero-order valence-corrected chi connectivity index (χ0v) is 18.8. The van der Waals surface area contributed by atoms with Gasteiger partial charge in [0.1, 0.15) is 15.6 Å².